The number of thiophene rings is 1. The highest BCUT2D eigenvalue weighted by Gasteiger charge is 2.20. The smallest absolute Gasteiger partial charge is 0.254 e. The SMILES string of the molecule is CC(C)c1cc(C(=O)N(C)C(C)c2cccs2)cc(N)n1. The van der Waals surface area contributed by atoms with Crippen LogP contribution < -0.4 is 5.73 Å². The molecule has 0 fully saturated rings. The van der Waals surface area contributed by atoms with Gasteiger partial charge in [0.2, 0.25) is 0 Å². The maximum Gasteiger partial charge on any atom is 0.254 e. The molecule has 21 heavy (non-hydrogen) atoms. The highest BCUT2D eigenvalue weighted by Crippen LogP contribution is 2.25. The van der Waals surface area contributed by atoms with E-state index in [0.717, 1.165) is 10.6 Å². The Balaban J connectivity index is 2.27. The summed E-state index contributed by atoms with van der Waals surface area (Å²) in [6.45, 7) is 6.10. The Morgan fingerprint density at radius 3 is 2.62 bits per heavy atom. The summed E-state index contributed by atoms with van der Waals surface area (Å²) in [6.07, 6.45) is 0. The quantitative estimate of drug-likeness (QED) is 0.937. The molecule has 1 amide bonds. The van der Waals surface area contributed by atoms with Gasteiger partial charge < -0.3 is 10.6 Å². The second kappa shape index (κ2) is 6.26. The highest BCUT2D eigenvalue weighted by molar-refractivity contribution is 7.10. The number of carbonyl (C=O) groups excluding carboxylic acids is 1. The minimum Gasteiger partial charge on any atom is -0.384 e. The van der Waals surface area contributed by atoms with Gasteiger partial charge in [-0.2, -0.15) is 0 Å². The number of aromatic nitrogens is 1. The van der Waals surface area contributed by atoms with Crippen LogP contribution in [0.15, 0.2) is 29.6 Å². The first-order chi connectivity index (χ1) is 9.90. The number of anilines is 1. The molecule has 0 aliphatic heterocycles. The topological polar surface area (TPSA) is 59.2 Å². The summed E-state index contributed by atoms with van der Waals surface area (Å²) in [7, 11) is 1.82. The summed E-state index contributed by atoms with van der Waals surface area (Å²) in [4.78, 5) is 19.8. The number of hydrogen-bond acceptors (Lipinski definition) is 4. The minimum atomic E-state index is -0.0353. The van der Waals surface area contributed by atoms with Gasteiger partial charge >= 0.3 is 0 Å². The third kappa shape index (κ3) is 3.42. The van der Waals surface area contributed by atoms with E-state index in [1.54, 1.807) is 22.3 Å². The van der Waals surface area contributed by atoms with Crippen LogP contribution in [0, 0.1) is 0 Å². The van der Waals surface area contributed by atoms with E-state index in [9.17, 15) is 4.79 Å². The molecule has 4 nitrogen and oxygen atoms in total. The van der Waals surface area contributed by atoms with E-state index in [-0.39, 0.29) is 17.9 Å². The fraction of sp³-hybridized carbons (Fsp3) is 0.375. The molecule has 0 radical (unpaired) electrons. The zero-order valence-corrected chi connectivity index (χ0v) is 13.6. The number of nitrogen functional groups attached to an aromatic ring is 1. The normalized spacial score (nSPS) is 12.4. The van der Waals surface area contributed by atoms with Crippen molar-refractivity contribution in [3.8, 4) is 0 Å². The van der Waals surface area contributed by atoms with Gasteiger partial charge in [0, 0.05) is 23.2 Å². The average Bonchev–Trinajstić information content (AvgIpc) is 2.98. The number of hydrogen-bond donors (Lipinski definition) is 1. The van der Waals surface area contributed by atoms with E-state index in [4.69, 9.17) is 5.73 Å². The summed E-state index contributed by atoms with van der Waals surface area (Å²) < 4.78 is 0. The molecule has 2 aromatic rings. The Morgan fingerprint density at radius 2 is 2.05 bits per heavy atom. The van der Waals surface area contributed by atoms with Crippen LogP contribution in [0.25, 0.3) is 0 Å². The van der Waals surface area contributed by atoms with Gasteiger partial charge in [0.25, 0.3) is 5.91 Å². The van der Waals surface area contributed by atoms with Gasteiger partial charge in [-0.15, -0.1) is 11.3 Å². The molecule has 1 atom stereocenters. The fourth-order valence-corrected chi connectivity index (χ4v) is 2.92. The predicted molar refractivity (Wildman–Crippen MR) is 87.6 cm³/mol. The molecule has 2 rings (SSSR count). The molecule has 0 saturated carbocycles. The summed E-state index contributed by atoms with van der Waals surface area (Å²) in [6, 6.07) is 7.55. The van der Waals surface area contributed by atoms with Gasteiger partial charge in [-0.05, 0) is 36.4 Å². The van der Waals surface area contributed by atoms with Crippen LogP contribution in [-0.4, -0.2) is 22.8 Å². The zero-order chi connectivity index (χ0) is 15.6. The Morgan fingerprint density at radius 1 is 1.33 bits per heavy atom. The van der Waals surface area contributed by atoms with Crippen LogP contribution >= 0.6 is 11.3 Å². The van der Waals surface area contributed by atoms with E-state index in [1.807, 2.05) is 51.4 Å². The summed E-state index contributed by atoms with van der Waals surface area (Å²) in [5.74, 6) is 0.591. The molecule has 2 aromatic heterocycles. The molecular formula is C16H21N3OS. The van der Waals surface area contributed by atoms with Crippen molar-refractivity contribution in [3.63, 3.8) is 0 Å². The number of rotatable bonds is 4. The van der Waals surface area contributed by atoms with Gasteiger partial charge in [0.15, 0.2) is 0 Å². The summed E-state index contributed by atoms with van der Waals surface area (Å²) in [5, 5.41) is 2.02. The molecule has 112 valence electrons. The largest absolute Gasteiger partial charge is 0.384 e. The lowest BCUT2D eigenvalue weighted by Crippen LogP contribution is -2.29. The van der Waals surface area contributed by atoms with Crippen molar-refractivity contribution in [1.29, 1.82) is 0 Å². The maximum atomic E-state index is 12.7. The lowest BCUT2D eigenvalue weighted by Gasteiger charge is -2.24. The second-order valence-corrected chi connectivity index (χ2v) is 6.45. The Bertz CT molecular complexity index is 622. The van der Waals surface area contributed by atoms with Crippen molar-refractivity contribution in [2.45, 2.75) is 32.7 Å². The lowest BCUT2D eigenvalue weighted by atomic mass is 10.1. The first kappa shape index (κ1) is 15.5. The first-order valence-corrected chi connectivity index (χ1v) is 7.86. The van der Waals surface area contributed by atoms with Gasteiger partial charge in [-0.3, -0.25) is 4.79 Å². The van der Waals surface area contributed by atoms with E-state index in [1.165, 1.54) is 0 Å². The van der Waals surface area contributed by atoms with Crippen LogP contribution in [0.4, 0.5) is 5.82 Å². The monoisotopic (exact) mass is 303 g/mol. The van der Waals surface area contributed by atoms with Crippen LogP contribution in [0.1, 0.15) is 53.7 Å². The van der Waals surface area contributed by atoms with Gasteiger partial charge in [0.05, 0.1) is 6.04 Å². The third-order valence-electron chi connectivity index (χ3n) is 3.56. The molecule has 1 unspecified atom stereocenters. The molecular weight excluding hydrogens is 282 g/mol. The molecule has 0 spiro atoms. The standard InChI is InChI=1S/C16H21N3OS/c1-10(2)13-8-12(9-15(17)18-13)16(20)19(4)11(3)14-6-5-7-21-14/h5-11H,1-4H3,(H2,17,18). The summed E-state index contributed by atoms with van der Waals surface area (Å²) in [5.41, 5.74) is 7.26. The lowest BCUT2D eigenvalue weighted by molar-refractivity contribution is 0.0744. The number of nitrogens with zero attached hydrogens (tertiary/aromatic N) is 2. The number of carbonyl (C=O) groups is 1. The van der Waals surface area contributed by atoms with Crippen molar-refractivity contribution < 1.29 is 4.79 Å². The maximum absolute atomic E-state index is 12.7. The van der Waals surface area contributed by atoms with Gasteiger partial charge in [-0.1, -0.05) is 19.9 Å². The highest BCUT2D eigenvalue weighted by atomic mass is 32.1. The molecule has 0 aliphatic carbocycles. The van der Waals surface area contributed by atoms with Crippen molar-refractivity contribution in [3.05, 3.63) is 45.8 Å². The van der Waals surface area contributed by atoms with Crippen LogP contribution in [0.2, 0.25) is 0 Å². The number of amides is 1. The first-order valence-electron chi connectivity index (χ1n) is 6.98. The average molecular weight is 303 g/mol. The fourth-order valence-electron chi connectivity index (χ4n) is 2.09. The molecule has 0 aromatic carbocycles. The Hall–Kier alpha value is -1.88. The van der Waals surface area contributed by atoms with Crippen LogP contribution in [-0.2, 0) is 0 Å². The molecule has 5 heteroatoms. The Labute approximate surface area is 129 Å². The van der Waals surface area contributed by atoms with Crippen molar-refractivity contribution in [1.82, 2.24) is 9.88 Å². The van der Waals surface area contributed by atoms with Crippen molar-refractivity contribution in [2.24, 2.45) is 0 Å². The van der Waals surface area contributed by atoms with E-state index in [0.29, 0.717) is 11.4 Å². The van der Waals surface area contributed by atoms with Crippen LogP contribution in [0.3, 0.4) is 0 Å². The second-order valence-electron chi connectivity index (χ2n) is 5.47. The number of pyridine rings is 1. The molecule has 2 heterocycles. The van der Waals surface area contributed by atoms with Crippen molar-refractivity contribution in [2.75, 3.05) is 12.8 Å². The van der Waals surface area contributed by atoms with Gasteiger partial charge in [0.1, 0.15) is 5.82 Å². The Kier molecular flexibility index (Phi) is 4.63. The van der Waals surface area contributed by atoms with Crippen molar-refractivity contribution >= 4 is 23.1 Å². The zero-order valence-electron chi connectivity index (χ0n) is 12.8. The molecule has 0 aliphatic rings. The molecule has 0 saturated heterocycles. The van der Waals surface area contributed by atoms with E-state index >= 15 is 0 Å². The summed E-state index contributed by atoms with van der Waals surface area (Å²) >= 11 is 1.65. The van der Waals surface area contributed by atoms with E-state index < -0.39 is 0 Å². The van der Waals surface area contributed by atoms with E-state index in [2.05, 4.69) is 4.98 Å². The van der Waals surface area contributed by atoms with Crippen LogP contribution in [0.5, 0.6) is 0 Å². The predicted octanol–water partition coefficient (Wildman–Crippen LogP) is 3.68. The molecule has 2 N–H and O–H groups in total. The minimum absolute atomic E-state index is 0.0353. The number of nitrogens with two attached hydrogens (primary N) is 1. The van der Waals surface area contributed by atoms with Gasteiger partial charge in [-0.25, -0.2) is 4.98 Å². The molecule has 0 bridgehead atoms. The third-order valence-corrected chi connectivity index (χ3v) is 4.60.